The molecule has 0 aliphatic heterocycles. The van der Waals surface area contributed by atoms with Gasteiger partial charge in [0.2, 0.25) is 0 Å². The van der Waals surface area contributed by atoms with Crippen LogP contribution < -0.4 is 4.90 Å². The van der Waals surface area contributed by atoms with Crippen LogP contribution >= 0.6 is 0 Å². The van der Waals surface area contributed by atoms with Crippen LogP contribution in [0, 0.1) is 20.8 Å². The number of hydrogen-bond acceptors (Lipinski definition) is 2. The van der Waals surface area contributed by atoms with Gasteiger partial charge in [-0.15, -0.1) is 0 Å². The summed E-state index contributed by atoms with van der Waals surface area (Å²) in [7, 11) is 0. The van der Waals surface area contributed by atoms with Crippen LogP contribution in [0.3, 0.4) is 0 Å². The number of nitrogens with zero attached hydrogens (tertiary/aromatic N) is 3. The molecular formula is C35H31N3. The Hall–Kier alpha value is -4.76. The summed E-state index contributed by atoms with van der Waals surface area (Å²) >= 11 is 0. The molecule has 3 nitrogen and oxygen atoms in total. The molecule has 5 rings (SSSR count). The Balaban J connectivity index is 1.80. The third kappa shape index (κ3) is 5.96. The van der Waals surface area contributed by atoms with E-state index >= 15 is 0 Å². The molecule has 0 saturated carbocycles. The summed E-state index contributed by atoms with van der Waals surface area (Å²) < 4.78 is 0. The van der Waals surface area contributed by atoms with E-state index < -0.39 is 0 Å². The highest BCUT2D eigenvalue weighted by Crippen LogP contribution is 2.27. The molecule has 0 aliphatic carbocycles. The molecule has 0 heterocycles. The quantitative estimate of drug-likeness (QED) is 0.177. The predicted molar refractivity (Wildman–Crippen MR) is 161 cm³/mol. The van der Waals surface area contributed by atoms with Crippen molar-refractivity contribution in [3.05, 3.63) is 161 Å². The fourth-order valence-electron chi connectivity index (χ4n) is 4.18. The van der Waals surface area contributed by atoms with Crippen LogP contribution in [0.4, 0.5) is 17.1 Å². The van der Waals surface area contributed by atoms with Gasteiger partial charge in [-0.1, -0.05) is 114 Å². The summed E-state index contributed by atoms with van der Waals surface area (Å²) in [5, 5.41) is 0. The Labute approximate surface area is 225 Å². The van der Waals surface area contributed by atoms with Gasteiger partial charge in [-0.2, -0.15) is 0 Å². The summed E-state index contributed by atoms with van der Waals surface area (Å²) in [6.45, 7) is 6.28. The van der Waals surface area contributed by atoms with Crippen molar-refractivity contribution >= 4 is 28.7 Å². The van der Waals surface area contributed by atoms with E-state index in [0.717, 1.165) is 39.9 Å². The van der Waals surface area contributed by atoms with Crippen molar-refractivity contribution in [2.45, 2.75) is 20.8 Å². The van der Waals surface area contributed by atoms with Gasteiger partial charge in [0.25, 0.3) is 0 Å². The molecule has 0 spiro atoms. The van der Waals surface area contributed by atoms with E-state index in [-0.39, 0.29) is 0 Å². The zero-order valence-electron chi connectivity index (χ0n) is 22.0. The Bertz CT molecular complexity index is 1430. The molecule has 5 aromatic carbocycles. The summed E-state index contributed by atoms with van der Waals surface area (Å²) in [6.07, 6.45) is 0. The van der Waals surface area contributed by atoms with Gasteiger partial charge in [0.1, 0.15) is 11.7 Å². The zero-order chi connectivity index (χ0) is 26.3. The SMILES string of the molecule is Cc1ccc(N=C(c2ccccc2)N(C(=Nc2ccc(C)cc2)c2ccccc2)c2ccc(C)cc2)cc1. The monoisotopic (exact) mass is 493 g/mol. The number of benzene rings is 5. The molecule has 38 heavy (non-hydrogen) atoms. The molecule has 0 amide bonds. The maximum absolute atomic E-state index is 5.23. The fraction of sp³-hybridized carbons (Fsp3) is 0.0857. The van der Waals surface area contributed by atoms with Crippen molar-refractivity contribution in [2.75, 3.05) is 4.90 Å². The average molecular weight is 494 g/mol. The molecule has 3 heteroatoms. The van der Waals surface area contributed by atoms with Crippen molar-refractivity contribution in [1.29, 1.82) is 0 Å². The van der Waals surface area contributed by atoms with Crippen LogP contribution in [-0.4, -0.2) is 11.7 Å². The number of hydrogen-bond donors (Lipinski definition) is 0. The van der Waals surface area contributed by atoms with E-state index in [9.17, 15) is 0 Å². The Morgan fingerprint density at radius 2 is 0.763 bits per heavy atom. The second-order valence-corrected chi connectivity index (χ2v) is 9.44. The maximum atomic E-state index is 5.23. The van der Waals surface area contributed by atoms with Crippen LogP contribution in [-0.2, 0) is 0 Å². The maximum Gasteiger partial charge on any atom is 0.146 e. The highest BCUT2D eigenvalue weighted by atomic mass is 15.2. The first kappa shape index (κ1) is 24.9. The molecular weight excluding hydrogens is 462 g/mol. The van der Waals surface area contributed by atoms with E-state index in [4.69, 9.17) is 9.98 Å². The van der Waals surface area contributed by atoms with Crippen LogP contribution in [0.2, 0.25) is 0 Å². The van der Waals surface area contributed by atoms with Gasteiger partial charge < -0.3 is 0 Å². The van der Waals surface area contributed by atoms with Crippen LogP contribution in [0.25, 0.3) is 0 Å². The molecule has 0 saturated heterocycles. The van der Waals surface area contributed by atoms with Gasteiger partial charge in [0.15, 0.2) is 0 Å². The fourth-order valence-corrected chi connectivity index (χ4v) is 4.18. The summed E-state index contributed by atoms with van der Waals surface area (Å²) in [5.41, 5.74) is 8.35. The summed E-state index contributed by atoms with van der Waals surface area (Å²) in [6, 6.07) is 45.8. The van der Waals surface area contributed by atoms with Crippen molar-refractivity contribution in [3.8, 4) is 0 Å². The van der Waals surface area contributed by atoms with Crippen LogP contribution in [0.1, 0.15) is 27.8 Å². The second kappa shape index (κ2) is 11.5. The molecule has 0 radical (unpaired) electrons. The van der Waals surface area contributed by atoms with Gasteiger partial charge >= 0.3 is 0 Å². The largest absolute Gasteiger partial charge is 0.278 e. The Morgan fingerprint density at radius 3 is 1.13 bits per heavy atom. The smallest absolute Gasteiger partial charge is 0.146 e. The number of anilines is 1. The molecule has 0 unspecified atom stereocenters. The molecule has 186 valence electrons. The first-order valence-electron chi connectivity index (χ1n) is 12.9. The van der Waals surface area contributed by atoms with Crippen LogP contribution in [0.15, 0.2) is 143 Å². The Morgan fingerprint density at radius 1 is 0.421 bits per heavy atom. The predicted octanol–water partition coefficient (Wildman–Crippen LogP) is 8.98. The second-order valence-electron chi connectivity index (χ2n) is 9.44. The highest BCUT2D eigenvalue weighted by Gasteiger charge is 2.23. The number of rotatable bonds is 5. The van der Waals surface area contributed by atoms with Crippen molar-refractivity contribution in [1.82, 2.24) is 0 Å². The lowest BCUT2D eigenvalue weighted by Gasteiger charge is -2.28. The zero-order valence-corrected chi connectivity index (χ0v) is 22.0. The Kier molecular flexibility index (Phi) is 7.56. The normalized spacial score (nSPS) is 11.9. The third-order valence-electron chi connectivity index (χ3n) is 6.32. The van der Waals surface area contributed by atoms with Crippen molar-refractivity contribution < 1.29 is 0 Å². The van der Waals surface area contributed by atoms with Gasteiger partial charge in [0, 0.05) is 16.8 Å². The minimum absolute atomic E-state index is 0.799. The van der Waals surface area contributed by atoms with E-state index in [1.54, 1.807) is 0 Å². The first-order chi connectivity index (χ1) is 18.6. The van der Waals surface area contributed by atoms with Crippen molar-refractivity contribution in [2.24, 2.45) is 9.98 Å². The molecule has 0 N–H and O–H groups in total. The lowest BCUT2D eigenvalue weighted by atomic mass is 10.1. The molecule has 0 fully saturated rings. The minimum Gasteiger partial charge on any atom is -0.278 e. The molecule has 0 atom stereocenters. The molecule has 0 aromatic heterocycles. The minimum atomic E-state index is 0.799. The van der Waals surface area contributed by atoms with Gasteiger partial charge in [-0.3, -0.25) is 4.90 Å². The number of aryl methyl sites for hydroxylation is 3. The lowest BCUT2D eigenvalue weighted by Crippen LogP contribution is -2.38. The molecule has 0 aliphatic rings. The summed E-state index contributed by atoms with van der Waals surface area (Å²) in [5.74, 6) is 1.60. The van der Waals surface area contributed by atoms with Gasteiger partial charge in [-0.05, 0) is 57.2 Å². The van der Waals surface area contributed by atoms with Gasteiger partial charge in [0.05, 0.1) is 11.4 Å². The average Bonchev–Trinajstić information content (AvgIpc) is 2.96. The highest BCUT2D eigenvalue weighted by molar-refractivity contribution is 6.30. The van der Waals surface area contributed by atoms with E-state index in [1.165, 1.54) is 16.7 Å². The molecule has 5 aromatic rings. The van der Waals surface area contributed by atoms with Gasteiger partial charge in [-0.25, -0.2) is 9.98 Å². The van der Waals surface area contributed by atoms with E-state index in [2.05, 4.69) is 123 Å². The lowest BCUT2D eigenvalue weighted by molar-refractivity contribution is 1.31. The van der Waals surface area contributed by atoms with Crippen molar-refractivity contribution in [3.63, 3.8) is 0 Å². The molecule has 0 bridgehead atoms. The summed E-state index contributed by atoms with van der Waals surface area (Å²) in [4.78, 5) is 12.6. The van der Waals surface area contributed by atoms with Crippen LogP contribution in [0.5, 0.6) is 0 Å². The van der Waals surface area contributed by atoms with E-state index in [1.807, 2.05) is 36.4 Å². The van der Waals surface area contributed by atoms with E-state index in [0.29, 0.717) is 0 Å². The topological polar surface area (TPSA) is 28.0 Å². The third-order valence-corrected chi connectivity index (χ3v) is 6.32. The number of aliphatic imine (C=N–C) groups is 2. The number of amidine groups is 2. The first-order valence-corrected chi connectivity index (χ1v) is 12.9. The standard InChI is InChI=1S/C35H31N3/c1-26-14-20-31(21-15-26)36-34(29-10-6-4-7-11-29)38(33-24-18-28(3)19-25-33)35(30-12-8-5-9-13-30)37-32-22-16-27(2)17-23-32/h4-25H,1-3H3.